The van der Waals surface area contributed by atoms with Crippen molar-refractivity contribution in [2.24, 2.45) is 0 Å². The van der Waals surface area contributed by atoms with Gasteiger partial charge in [-0.3, -0.25) is 14.5 Å². The summed E-state index contributed by atoms with van der Waals surface area (Å²) >= 11 is 1.42. The van der Waals surface area contributed by atoms with E-state index in [4.69, 9.17) is 9.15 Å². The van der Waals surface area contributed by atoms with Crippen molar-refractivity contribution < 1.29 is 18.7 Å². The SMILES string of the molecule is COc1ccc2sc(N(Cc3ccco3)C(=O)c3ccc(C(=O)c4ccccc4)cc3)nc2c1. The zero-order valence-corrected chi connectivity index (χ0v) is 19.1. The summed E-state index contributed by atoms with van der Waals surface area (Å²) in [7, 11) is 1.60. The Bertz CT molecular complexity index is 1440. The molecule has 168 valence electrons. The van der Waals surface area contributed by atoms with Gasteiger partial charge in [0.15, 0.2) is 10.9 Å². The predicted molar refractivity (Wildman–Crippen MR) is 132 cm³/mol. The third kappa shape index (κ3) is 4.33. The van der Waals surface area contributed by atoms with Gasteiger partial charge in [-0.1, -0.05) is 53.8 Å². The number of benzene rings is 3. The van der Waals surface area contributed by atoms with Gasteiger partial charge in [0.25, 0.3) is 5.91 Å². The van der Waals surface area contributed by atoms with Crippen LogP contribution in [0.25, 0.3) is 10.2 Å². The average Bonchev–Trinajstić information content (AvgIpc) is 3.56. The van der Waals surface area contributed by atoms with Crippen LogP contribution in [0, 0.1) is 0 Å². The molecule has 0 aliphatic rings. The Morgan fingerprint density at radius 1 is 0.912 bits per heavy atom. The van der Waals surface area contributed by atoms with Crippen molar-refractivity contribution >= 4 is 38.4 Å². The van der Waals surface area contributed by atoms with E-state index in [-0.39, 0.29) is 18.2 Å². The Morgan fingerprint density at radius 3 is 2.35 bits per heavy atom. The first-order valence-electron chi connectivity index (χ1n) is 10.6. The molecule has 1 amide bonds. The molecule has 0 saturated heterocycles. The van der Waals surface area contributed by atoms with E-state index in [1.54, 1.807) is 60.7 Å². The average molecular weight is 469 g/mol. The highest BCUT2D eigenvalue weighted by molar-refractivity contribution is 7.22. The third-order valence-electron chi connectivity index (χ3n) is 5.38. The molecular weight excluding hydrogens is 448 g/mol. The summed E-state index contributed by atoms with van der Waals surface area (Å²) in [5, 5.41) is 0.550. The summed E-state index contributed by atoms with van der Waals surface area (Å²) in [6, 6.07) is 25.0. The first kappa shape index (κ1) is 21.6. The lowest BCUT2D eigenvalue weighted by Gasteiger charge is -2.19. The molecule has 0 aliphatic heterocycles. The highest BCUT2D eigenvalue weighted by Gasteiger charge is 2.23. The molecule has 5 aromatic rings. The van der Waals surface area contributed by atoms with Gasteiger partial charge in [0.05, 0.1) is 30.1 Å². The Kier molecular flexibility index (Phi) is 5.93. The fraction of sp³-hybridized carbons (Fsp3) is 0.0741. The topological polar surface area (TPSA) is 72.6 Å². The molecule has 0 aliphatic carbocycles. The smallest absolute Gasteiger partial charge is 0.260 e. The molecule has 0 N–H and O–H groups in total. The maximum absolute atomic E-state index is 13.6. The Hall–Kier alpha value is -4.23. The number of nitrogens with zero attached hydrogens (tertiary/aromatic N) is 2. The van der Waals surface area contributed by atoms with Crippen molar-refractivity contribution in [3.05, 3.63) is 114 Å². The van der Waals surface area contributed by atoms with Gasteiger partial charge in [-0.2, -0.15) is 0 Å². The fourth-order valence-electron chi connectivity index (χ4n) is 3.60. The molecule has 2 aromatic heterocycles. The van der Waals surface area contributed by atoms with E-state index < -0.39 is 0 Å². The van der Waals surface area contributed by atoms with E-state index in [9.17, 15) is 9.59 Å². The van der Waals surface area contributed by atoms with Gasteiger partial charge in [0.1, 0.15) is 11.5 Å². The molecule has 34 heavy (non-hydrogen) atoms. The summed E-state index contributed by atoms with van der Waals surface area (Å²) < 4.78 is 11.7. The molecule has 0 radical (unpaired) electrons. The number of carbonyl (C=O) groups is 2. The first-order valence-corrected chi connectivity index (χ1v) is 11.4. The molecule has 3 aromatic carbocycles. The Balaban J connectivity index is 1.46. The number of hydrogen-bond donors (Lipinski definition) is 0. The maximum atomic E-state index is 13.6. The lowest BCUT2D eigenvalue weighted by atomic mass is 10.0. The molecule has 7 heteroatoms. The van der Waals surface area contributed by atoms with Crippen LogP contribution in [0.1, 0.15) is 32.0 Å². The van der Waals surface area contributed by atoms with Gasteiger partial charge in [-0.05, 0) is 36.4 Å². The molecule has 0 fully saturated rings. The molecule has 0 bridgehead atoms. The Labute approximate surface area is 200 Å². The minimum absolute atomic E-state index is 0.0906. The van der Waals surface area contributed by atoms with Crippen molar-refractivity contribution in [2.45, 2.75) is 6.54 Å². The highest BCUT2D eigenvalue weighted by Crippen LogP contribution is 2.33. The third-order valence-corrected chi connectivity index (χ3v) is 6.44. The summed E-state index contributed by atoms with van der Waals surface area (Å²) in [4.78, 5) is 32.6. The van der Waals surface area contributed by atoms with E-state index in [0.29, 0.717) is 33.3 Å². The second-order valence-electron chi connectivity index (χ2n) is 7.57. The number of methoxy groups -OCH3 is 1. The van der Waals surface area contributed by atoms with E-state index in [1.165, 1.54) is 11.3 Å². The number of thiazole rings is 1. The number of carbonyl (C=O) groups excluding carboxylic acids is 2. The molecule has 5 rings (SSSR count). The summed E-state index contributed by atoms with van der Waals surface area (Å²) in [5.74, 6) is 1.02. The molecule has 6 nitrogen and oxygen atoms in total. The maximum Gasteiger partial charge on any atom is 0.260 e. The number of aromatic nitrogens is 1. The van der Waals surface area contributed by atoms with Crippen molar-refractivity contribution in [3.8, 4) is 5.75 Å². The standard InChI is InChI=1S/C27H20N2O4S/c1-32-21-13-14-24-23(16-21)28-27(34-24)29(17-22-8-5-15-33-22)26(31)20-11-9-19(10-12-20)25(30)18-6-3-2-4-7-18/h2-16H,17H2,1H3. The normalized spacial score (nSPS) is 10.9. The van der Waals surface area contributed by atoms with Crippen molar-refractivity contribution in [2.75, 3.05) is 12.0 Å². The van der Waals surface area contributed by atoms with Crippen LogP contribution in [0.5, 0.6) is 5.75 Å². The summed E-state index contributed by atoms with van der Waals surface area (Å²) in [6.07, 6.45) is 1.57. The van der Waals surface area contributed by atoms with Crippen molar-refractivity contribution in [3.63, 3.8) is 0 Å². The Morgan fingerprint density at radius 2 is 1.65 bits per heavy atom. The molecule has 2 heterocycles. The molecule has 0 unspecified atom stereocenters. The van der Waals surface area contributed by atoms with Gasteiger partial charge in [-0.25, -0.2) is 4.98 Å². The van der Waals surface area contributed by atoms with Crippen molar-refractivity contribution in [1.82, 2.24) is 4.98 Å². The molecular formula is C27H20N2O4S. The minimum atomic E-state index is -0.235. The van der Waals surface area contributed by atoms with Gasteiger partial charge < -0.3 is 9.15 Å². The number of fused-ring (bicyclic) bond motifs is 1. The number of ketones is 1. The lowest BCUT2D eigenvalue weighted by Crippen LogP contribution is -2.30. The number of rotatable bonds is 7. The van der Waals surface area contributed by atoms with Crippen LogP contribution in [-0.4, -0.2) is 23.8 Å². The van der Waals surface area contributed by atoms with E-state index >= 15 is 0 Å². The van der Waals surface area contributed by atoms with Gasteiger partial charge in [0, 0.05) is 22.8 Å². The minimum Gasteiger partial charge on any atom is -0.497 e. The van der Waals surface area contributed by atoms with Crippen LogP contribution < -0.4 is 9.64 Å². The van der Waals surface area contributed by atoms with Crippen LogP contribution in [0.2, 0.25) is 0 Å². The molecule has 0 saturated carbocycles. The monoisotopic (exact) mass is 468 g/mol. The summed E-state index contributed by atoms with van der Waals surface area (Å²) in [5.41, 5.74) is 2.33. The first-order chi connectivity index (χ1) is 16.6. The van der Waals surface area contributed by atoms with Gasteiger partial charge >= 0.3 is 0 Å². The van der Waals surface area contributed by atoms with Crippen LogP contribution in [0.4, 0.5) is 5.13 Å². The second kappa shape index (κ2) is 9.33. The number of hydrogen-bond acceptors (Lipinski definition) is 6. The molecule has 0 spiro atoms. The highest BCUT2D eigenvalue weighted by atomic mass is 32.1. The number of ether oxygens (including phenoxy) is 1. The quantitative estimate of drug-likeness (QED) is 0.275. The summed E-state index contributed by atoms with van der Waals surface area (Å²) in [6.45, 7) is 0.230. The van der Waals surface area contributed by atoms with E-state index in [2.05, 4.69) is 4.98 Å². The van der Waals surface area contributed by atoms with Crippen LogP contribution in [-0.2, 0) is 6.54 Å². The van der Waals surface area contributed by atoms with Crippen LogP contribution >= 0.6 is 11.3 Å². The van der Waals surface area contributed by atoms with Gasteiger partial charge in [0.2, 0.25) is 0 Å². The van der Waals surface area contributed by atoms with Crippen molar-refractivity contribution in [1.29, 1.82) is 0 Å². The van der Waals surface area contributed by atoms with E-state index in [1.807, 2.05) is 42.5 Å². The fourth-order valence-corrected chi connectivity index (χ4v) is 4.54. The molecule has 0 atom stereocenters. The van der Waals surface area contributed by atoms with E-state index in [0.717, 1.165) is 10.2 Å². The zero-order valence-electron chi connectivity index (χ0n) is 18.3. The van der Waals surface area contributed by atoms with Gasteiger partial charge in [-0.15, -0.1) is 0 Å². The zero-order chi connectivity index (χ0) is 23.5. The van der Waals surface area contributed by atoms with Crippen LogP contribution in [0.3, 0.4) is 0 Å². The number of amides is 1. The van der Waals surface area contributed by atoms with Crippen LogP contribution in [0.15, 0.2) is 95.6 Å². The predicted octanol–water partition coefficient (Wildman–Crippen LogP) is 5.98. The number of furan rings is 1. The number of anilines is 1. The second-order valence-corrected chi connectivity index (χ2v) is 8.58. The largest absolute Gasteiger partial charge is 0.497 e. The lowest BCUT2D eigenvalue weighted by molar-refractivity contribution is 0.0981.